The first-order valence-electron chi connectivity index (χ1n) is 20.3. The van der Waals surface area contributed by atoms with Gasteiger partial charge in [0.05, 0.1) is 19.3 Å². The van der Waals surface area contributed by atoms with Crippen molar-refractivity contribution in [1.29, 1.82) is 0 Å². The van der Waals surface area contributed by atoms with Crippen LogP contribution in [-0.4, -0.2) is 106 Å². The number of rotatable bonds is 19. The van der Waals surface area contributed by atoms with Gasteiger partial charge in [-0.1, -0.05) is 6.07 Å². The van der Waals surface area contributed by atoms with E-state index < -0.39 is 17.1 Å². The van der Waals surface area contributed by atoms with E-state index in [0.717, 1.165) is 36.1 Å². The van der Waals surface area contributed by atoms with E-state index in [1.807, 2.05) is 69.3 Å². The number of anilines is 1. The van der Waals surface area contributed by atoms with Crippen LogP contribution in [0.2, 0.25) is 0 Å². The summed E-state index contributed by atoms with van der Waals surface area (Å²) in [6, 6.07) is 16.5. The van der Waals surface area contributed by atoms with Gasteiger partial charge in [0.2, 0.25) is 0 Å². The molecule has 2 aromatic carbocycles. The highest BCUT2D eigenvalue weighted by molar-refractivity contribution is 5.95. The molecule has 2 aliphatic rings. The fourth-order valence-corrected chi connectivity index (χ4v) is 7.00. The molecule has 316 valence electrons. The number of hydrogen-bond acceptors (Lipinski definition) is 12. The molecule has 1 saturated heterocycles. The minimum absolute atomic E-state index is 0.221. The molecule has 1 atom stereocenters. The van der Waals surface area contributed by atoms with Gasteiger partial charge in [0.1, 0.15) is 29.2 Å². The first-order valence-corrected chi connectivity index (χ1v) is 20.3. The molecule has 2 amide bonds. The van der Waals surface area contributed by atoms with Crippen molar-refractivity contribution in [3.05, 3.63) is 83.9 Å². The second-order valence-corrected chi connectivity index (χ2v) is 15.7. The summed E-state index contributed by atoms with van der Waals surface area (Å²) in [5.41, 5.74) is 1.59. The van der Waals surface area contributed by atoms with Crippen molar-refractivity contribution in [2.45, 2.75) is 82.9 Å². The molecule has 59 heavy (non-hydrogen) atoms. The van der Waals surface area contributed by atoms with Gasteiger partial charge in [-0.15, -0.1) is 10.2 Å². The highest BCUT2D eigenvalue weighted by Crippen LogP contribution is 2.37. The van der Waals surface area contributed by atoms with Crippen LogP contribution in [0.25, 0.3) is 11.4 Å². The number of carboxylic acids is 1. The van der Waals surface area contributed by atoms with Crippen molar-refractivity contribution in [2.24, 2.45) is 0 Å². The Hall–Kier alpha value is -5.74. The van der Waals surface area contributed by atoms with Gasteiger partial charge in [0.15, 0.2) is 11.6 Å². The quantitative estimate of drug-likeness (QED) is 0.0748. The zero-order chi connectivity index (χ0) is 41.7. The molecule has 0 bridgehead atoms. The highest BCUT2D eigenvalue weighted by atomic mass is 16.6. The van der Waals surface area contributed by atoms with Gasteiger partial charge in [-0.3, -0.25) is 9.78 Å². The van der Waals surface area contributed by atoms with Gasteiger partial charge in [-0.05, 0) is 108 Å². The molecule has 4 N–H and O–H groups in total. The Kier molecular flexibility index (Phi) is 14.7. The van der Waals surface area contributed by atoms with Gasteiger partial charge >= 0.3 is 12.1 Å². The number of piperidine rings is 1. The molecule has 16 nitrogen and oxygen atoms in total. The van der Waals surface area contributed by atoms with Crippen LogP contribution in [0.3, 0.4) is 0 Å². The average molecular weight is 814 g/mol. The maximum Gasteiger partial charge on any atom is 0.410 e. The number of aromatic nitrogens is 4. The van der Waals surface area contributed by atoms with E-state index in [4.69, 9.17) is 28.8 Å². The van der Waals surface area contributed by atoms with Crippen LogP contribution in [0, 0.1) is 0 Å². The van der Waals surface area contributed by atoms with Crippen LogP contribution in [0.15, 0.2) is 67.0 Å². The van der Waals surface area contributed by atoms with E-state index in [9.17, 15) is 14.4 Å². The molecule has 0 spiro atoms. The number of aliphatic carboxylic acids is 1. The summed E-state index contributed by atoms with van der Waals surface area (Å²) in [4.78, 5) is 46.6. The lowest BCUT2D eigenvalue weighted by Gasteiger charge is -2.41. The summed E-state index contributed by atoms with van der Waals surface area (Å²) < 4.78 is 28.3. The van der Waals surface area contributed by atoms with E-state index in [1.165, 1.54) is 0 Å². The lowest BCUT2D eigenvalue weighted by atomic mass is 9.86. The number of nitrogens with zero attached hydrogens (tertiary/aromatic N) is 4. The van der Waals surface area contributed by atoms with Crippen LogP contribution >= 0.6 is 0 Å². The fourth-order valence-electron chi connectivity index (χ4n) is 7.00. The maximum absolute atomic E-state index is 13.9. The molecule has 1 unspecified atom stereocenters. The van der Waals surface area contributed by atoms with Gasteiger partial charge in [-0.2, -0.15) is 0 Å². The summed E-state index contributed by atoms with van der Waals surface area (Å²) >= 11 is 0. The first kappa shape index (κ1) is 42.9. The monoisotopic (exact) mass is 813 g/mol. The molecule has 6 rings (SSSR count). The van der Waals surface area contributed by atoms with Crippen molar-refractivity contribution in [3.8, 4) is 22.9 Å². The van der Waals surface area contributed by atoms with E-state index in [-0.39, 0.29) is 24.6 Å². The Balaban J connectivity index is 1.06. The first-order chi connectivity index (χ1) is 28.5. The number of amides is 2. The second kappa shape index (κ2) is 20.3. The number of unbranched alkanes of at least 4 members (excludes halogenated alkanes) is 2. The number of fused-ring (bicyclic) bond motifs is 1. The number of aromatic amines is 1. The van der Waals surface area contributed by atoms with Crippen molar-refractivity contribution in [2.75, 3.05) is 58.0 Å². The largest absolute Gasteiger partial charge is 0.494 e. The number of carbonyl (C=O) groups excluding carboxylic acids is 2. The molecule has 1 fully saturated rings. The Morgan fingerprint density at radius 2 is 1.69 bits per heavy atom. The highest BCUT2D eigenvalue weighted by Gasteiger charge is 2.41. The number of carbonyl (C=O) groups is 3. The number of carboxylic acid groups (broad SMARTS) is 1. The predicted octanol–water partition coefficient (Wildman–Crippen LogP) is 6.52. The van der Waals surface area contributed by atoms with Crippen molar-refractivity contribution in [3.63, 3.8) is 0 Å². The van der Waals surface area contributed by atoms with E-state index in [1.54, 1.807) is 23.4 Å². The van der Waals surface area contributed by atoms with Crippen molar-refractivity contribution >= 4 is 23.7 Å². The smallest absolute Gasteiger partial charge is 0.410 e. The topological polar surface area (TPSA) is 199 Å². The molecule has 4 aromatic rings. The number of pyridine rings is 1. The minimum atomic E-state index is -0.974. The molecular formula is C43H55N7O9. The van der Waals surface area contributed by atoms with Gasteiger partial charge in [0.25, 0.3) is 5.91 Å². The van der Waals surface area contributed by atoms with Crippen LogP contribution < -0.4 is 20.1 Å². The standard InChI is InChI=1S/C43H55N7O9/c1-42(2,3)59-41(54)50-20-16-43(17-21-50,40-46-38(48-49-40)30-13-18-44-19-14-30)47-32-10-7-9-31(27-32)39(53)45-35-15-26-58-36-12-11-33(28-34(35)36)57-25-6-4-5-22-55-23-8-24-56-29-37(51)52/h7,9-14,18-19,27-28,35,47H,4-6,8,15-17,20-26,29H2,1-3H3,(H,45,53)(H,51,52)(H,46,48,49). The third kappa shape index (κ3) is 12.4. The number of benzene rings is 2. The summed E-state index contributed by atoms with van der Waals surface area (Å²) in [6.45, 7) is 8.65. The van der Waals surface area contributed by atoms with E-state index in [2.05, 4.69) is 30.8 Å². The average Bonchev–Trinajstić information content (AvgIpc) is 3.73. The molecule has 16 heteroatoms. The van der Waals surface area contributed by atoms with E-state index >= 15 is 0 Å². The molecule has 4 heterocycles. The summed E-state index contributed by atoms with van der Waals surface area (Å²) in [5, 5.41) is 24.5. The van der Waals surface area contributed by atoms with Gasteiger partial charge in [0, 0.05) is 74.1 Å². The van der Waals surface area contributed by atoms with Gasteiger partial charge < -0.3 is 49.3 Å². The third-order valence-electron chi connectivity index (χ3n) is 10.0. The Labute approximate surface area is 344 Å². The molecular weight excluding hydrogens is 759 g/mol. The molecule has 0 aliphatic carbocycles. The third-order valence-corrected chi connectivity index (χ3v) is 10.0. The number of ether oxygens (including phenoxy) is 5. The molecule has 0 saturated carbocycles. The molecule has 2 aromatic heterocycles. The fraction of sp³-hybridized carbons (Fsp3) is 0.488. The van der Waals surface area contributed by atoms with Crippen molar-refractivity contribution < 1.29 is 43.2 Å². The minimum Gasteiger partial charge on any atom is -0.494 e. The summed E-state index contributed by atoms with van der Waals surface area (Å²) in [7, 11) is 0. The lowest BCUT2D eigenvalue weighted by molar-refractivity contribution is -0.142. The normalized spacial score (nSPS) is 16.1. The Morgan fingerprint density at radius 1 is 0.932 bits per heavy atom. The van der Waals surface area contributed by atoms with E-state index in [0.29, 0.717) is 101 Å². The number of likely N-dealkylation sites (tertiary alicyclic amines) is 1. The zero-order valence-corrected chi connectivity index (χ0v) is 34.0. The summed E-state index contributed by atoms with van der Waals surface area (Å²) in [6.07, 6.45) is 8.02. The van der Waals surface area contributed by atoms with Crippen LogP contribution in [-0.2, 0) is 24.5 Å². The number of hydrogen-bond donors (Lipinski definition) is 4. The van der Waals surface area contributed by atoms with Crippen molar-refractivity contribution in [1.82, 2.24) is 30.4 Å². The number of nitrogens with one attached hydrogen (secondary N) is 3. The Morgan fingerprint density at radius 3 is 2.47 bits per heavy atom. The molecule has 0 radical (unpaired) electrons. The van der Waals surface area contributed by atoms with Crippen LogP contribution in [0.5, 0.6) is 11.5 Å². The second-order valence-electron chi connectivity index (χ2n) is 15.7. The lowest BCUT2D eigenvalue weighted by Crippen LogP contribution is -2.50. The van der Waals surface area contributed by atoms with Gasteiger partial charge in [-0.25, -0.2) is 9.59 Å². The van der Waals surface area contributed by atoms with Crippen LogP contribution in [0.4, 0.5) is 10.5 Å². The zero-order valence-electron chi connectivity index (χ0n) is 34.0. The number of H-pyrrole nitrogens is 1. The maximum atomic E-state index is 13.9. The van der Waals surface area contributed by atoms with Crippen LogP contribution in [0.1, 0.15) is 93.5 Å². The summed E-state index contributed by atoms with van der Waals surface area (Å²) in [5.74, 6) is 1.46. The molecule has 2 aliphatic heterocycles. The predicted molar refractivity (Wildman–Crippen MR) is 218 cm³/mol. The SMILES string of the molecule is CC(C)(C)OC(=O)N1CCC(Nc2cccc(C(=O)NC3CCOc4ccc(OCCCCCOCCCOCC(=O)O)cc43)c2)(c2nnc(-c3ccncc3)[nH]2)CC1. The Bertz CT molecular complexity index is 1990.